The van der Waals surface area contributed by atoms with Crippen molar-refractivity contribution in [2.45, 2.75) is 19.0 Å². The van der Waals surface area contributed by atoms with Gasteiger partial charge >= 0.3 is 0 Å². The van der Waals surface area contributed by atoms with Crippen LogP contribution in [0.3, 0.4) is 0 Å². The molecule has 3 aromatic rings. The molecule has 0 radical (unpaired) electrons. The van der Waals surface area contributed by atoms with Gasteiger partial charge in [0.1, 0.15) is 11.8 Å². The third-order valence-electron chi connectivity index (χ3n) is 4.94. The molecule has 0 aliphatic carbocycles. The van der Waals surface area contributed by atoms with Gasteiger partial charge in [0.15, 0.2) is 6.61 Å². The van der Waals surface area contributed by atoms with Crippen molar-refractivity contribution in [2.75, 3.05) is 13.7 Å². The Balaban J connectivity index is 1.86. The molecule has 1 atom stereocenters. The molecule has 0 heterocycles. The number of hydrogen-bond donors (Lipinski definition) is 1. The van der Waals surface area contributed by atoms with E-state index in [-0.39, 0.29) is 25.0 Å². The predicted molar refractivity (Wildman–Crippen MR) is 130 cm³/mol. The Labute approximate surface area is 201 Å². The molecule has 0 aliphatic heterocycles. The van der Waals surface area contributed by atoms with E-state index in [1.165, 1.54) is 0 Å². The van der Waals surface area contributed by atoms with E-state index in [9.17, 15) is 9.59 Å². The summed E-state index contributed by atoms with van der Waals surface area (Å²) in [6.07, 6.45) is 0.380. The lowest BCUT2D eigenvalue weighted by Crippen LogP contribution is -2.51. The first-order valence-electron chi connectivity index (χ1n) is 10.1. The Kier molecular flexibility index (Phi) is 8.71. The zero-order valence-electron chi connectivity index (χ0n) is 17.6. The highest BCUT2D eigenvalue weighted by molar-refractivity contribution is 9.10. The first kappa shape index (κ1) is 23.8. The van der Waals surface area contributed by atoms with E-state index in [4.69, 9.17) is 16.3 Å². The molecule has 7 heteroatoms. The molecule has 5 nitrogen and oxygen atoms in total. The lowest BCUT2D eigenvalue weighted by atomic mass is 10.0. The van der Waals surface area contributed by atoms with Crippen molar-refractivity contribution in [1.29, 1.82) is 0 Å². The number of ether oxygens (including phenoxy) is 1. The number of rotatable bonds is 9. The molecule has 3 rings (SSSR count). The van der Waals surface area contributed by atoms with E-state index < -0.39 is 6.04 Å². The second kappa shape index (κ2) is 11.7. The van der Waals surface area contributed by atoms with Crippen LogP contribution in [0.15, 0.2) is 83.3 Å². The summed E-state index contributed by atoms with van der Waals surface area (Å²) in [5.74, 6) is 0.0362. The van der Waals surface area contributed by atoms with Crippen LogP contribution in [0.25, 0.3) is 0 Å². The van der Waals surface area contributed by atoms with Gasteiger partial charge in [0, 0.05) is 29.5 Å². The number of halogens is 2. The fourth-order valence-electron chi connectivity index (χ4n) is 3.31. The normalized spacial score (nSPS) is 11.5. The minimum Gasteiger partial charge on any atom is -0.484 e. The van der Waals surface area contributed by atoms with E-state index in [1.807, 2.05) is 54.6 Å². The molecular weight excluding hydrogens is 492 g/mol. The summed E-state index contributed by atoms with van der Waals surface area (Å²) < 4.78 is 6.63. The van der Waals surface area contributed by atoms with Crippen LogP contribution < -0.4 is 10.1 Å². The van der Waals surface area contributed by atoms with E-state index >= 15 is 0 Å². The number of hydrogen-bond acceptors (Lipinski definition) is 3. The molecule has 0 saturated carbocycles. The fraction of sp³-hybridized carbons (Fsp3) is 0.200. The van der Waals surface area contributed by atoms with Gasteiger partial charge in [-0.05, 0) is 47.5 Å². The van der Waals surface area contributed by atoms with Gasteiger partial charge in [-0.3, -0.25) is 9.59 Å². The first-order chi connectivity index (χ1) is 15.5. The number of amides is 2. The van der Waals surface area contributed by atoms with Gasteiger partial charge in [-0.25, -0.2) is 0 Å². The molecule has 166 valence electrons. The van der Waals surface area contributed by atoms with Crippen molar-refractivity contribution in [1.82, 2.24) is 10.2 Å². The highest BCUT2D eigenvalue weighted by Crippen LogP contribution is 2.19. The topological polar surface area (TPSA) is 58.6 Å². The van der Waals surface area contributed by atoms with Crippen LogP contribution in [0, 0.1) is 0 Å². The zero-order valence-corrected chi connectivity index (χ0v) is 20.0. The van der Waals surface area contributed by atoms with Gasteiger partial charge in [-0.15, -0.1) is 0 Å². The second-order valence-corrected chi connectivity index (χ2v) is 8.57. The van der Waals surface area contributed by atoms with Crippen molar-refractivity contribution in [3.63, 3.8) is 0 Å². The Morgan fingerprint density at radius 3 is 2.34 bits per heavy atom. The van der Waals surface area contributed by atoms with E-state index in [0.717, 1.165) is 15.6 Å². The molecule has 0 saturated heterocycles. The molecule has 0 aliphatic rings. The van der Waals surface area contributed by atoms with Gasteiger partial charge in [0.2, 0.25) is 5.91 Å². The van der Waals surface area contributed by atoms with Crippen LogP contribution >= 0.6 is 27.5 Å². The van der Waals surface area contributed by atoms with E-state index in [2.05, 4.69) is 21.2 Å². The summed E-state index contributed by atoms with van der Waals surface area (Å²) >= 11 is 9.53. The largest absolute Gasteiger partial charge is 0.484 e. The highest BCUT2D eigenvalue weighted by Gasteiger charge is 2.30. The Morgan fingerprint density at radius 2 is 1.69 bits per heavy atom. The Hall–Kier alpha value is -2.83. The van der Waals surface area contributed by atoms with Crippen LogP contribution in [0.5, 0.6) is 5.75 Å². The van der Waals surface area contributed by atoms with Gasteiger partial charge in [-0.1, -0.05) is 70.0 Å². The quantitative estimate of drug-likeness (QED) is 0.442. The average Bonchev–Trinajstić information content (AvgIpc) is 2.81. The monoisotopic (exact) mass is 514 g/mol. The maximum atomic E-state index is 13.3. The number of nitrogens with one attached hydrogen (secondary N) is 1. The lowest BCUT2D eigenvalue weighted by molar-refractivity contribution is -0.142. The number of benzene rings is 3. The second-order valence-electron chi connectivity index (χ2n) is 7.21. The van der Waals surface area contributed by atoms with Crippen molar-refractivity contribution >= 4 is 39.3 Å². The molecule has 0 spiro atoms. The summed E-state index contributed by atoms with van der Waals surface area (Å²) in [6, 6.07) is 23.4. The first-order valence-corrected chi connectivity index (χ1v) is 11.3. The maximum Gasteiger partial charge on any atom is 0.261 e. The molecular formula is C25H24BrClN2O3. The molecule has 32 heavy (non-hydrogen) atoms. The smallest absolute Gasteiger partial charge is 0.261 e. The molecule has 0 fully saturated rings. The van der Waals surface area contributed by atoms with Crippen LogP contribution in [-0.2, 0) is 22.6 Å². The van der Waals surface area contributed by atoms with Crippen molar-refractivity contribution in [3.8, 4) is 5.75 Å². The van der Waals surface area contributed by atoms with Gasteiger partial charge in [0.05, 0.1) is 0 Å². The van der Waals surface area contributed by atoms with Crippen LogP contribution in [0.2, 0.25) is 5.02 Å². The minimum absolute atomic E-state index is 0.190. The summed E-state index contributed by atoms with van der Waals surface area (Å²) in [7, 11) is 1.57. The number of nitrogens with zero attached hydrogens (tertiary/aromatic N) is 1. The van der Waals surface area contributed by atoms with Crippen LogP contribution in [0.1, 0.15) is 11.1 Å². The zero-order chi connectivity index (χ0) is 22.9. The molecule has 1 N–H and O–H groups in total. The number of carbonyl (C=O) groups is 2. The number of likely N-dealkylation sites (N-methyl/N-ethyl adjacent to an activating group) is 1. The van der Waals surface area contributed by atoms with Crippen molar-refractivity contribution < 1.29 is 14.3 Å². The number of carbonyl (C=O) groups excluding carboxylic acids is 2. The molecule has 0 bridgehead atoms. The summed E-state index contributed by atoms with van der Waals surface area (Å²) in [4.78, 5) is 27.7. The third kappa shape index (κ3) is 6.84. The summed E-state index contributed by atoms with van der Waals surface area (Å²) in [6.45, 7) is 0.0402. The van der Waals surface area contributed by atoms with E-state index in [1.54, 1.807) is 36.2 Å². The van der Waals surface area contributed by atoms with Crippen LogP contribution in [0.4, 0.5) is 0 Å². The standard InChI is InChI=1S/C25H24BrClN2O3/c1-28-25(31)23(15-18-6-3-2-4-7-18)29(16-19-8-5-9-21(27)14-19)24(30)17-32-22-12-10-20(26)11-13-22/h2-14,23H,15-17H2,1H3,(H,28,31). The SMILES string of the molecule is CNC(=O)C(Cc1ccccc1)N(Cc1cccc(Cl)c1)C(=O)COc1ccc(Br)cc1. The van der Waals surface area contributed by atoms with E-state index in [0.29, 0.717) is 17.2 Å². The molecule has 1 unspecified atom stereocenters. The summed E-state index contributed by atoms with van der Waals surface area (Å²) in [5, 5.41) is 3.26. The third-order valence-corrected chi connectivity index (χ3v) is 5.70. The highest BCUT2D eigenvalue weighted by atomic mass is 79.9. The van der Waals surface area contributed by atoms with Crippen molar-refractivity contribution in [2.24, 2.45) is 0 Å². The van der Waals surface area contributed by atoms with Gasteiger partial charge in [0.25, 0.3) is 5.91 Å². The fourth-order valence-corrected chi connectivity index (χ4v) is 3.79. The predicted octanol–water partition coefficient (Wildman–Crippen LogP) is 4.87. The van der Waals surface area contributed by atoms with Gasteiger partial charge in [-0.2, -0.15) is 0 Å². The molecule has 0 aromatic heterocycles. The molecule has 2 amide bonds. The minimum atomic E-state index is -0.706. The average molecular weight is 516 g/mol. The molecule has 3 aromatic carbocycles. The Bertz CT molecular complexity index is 1040. The maximum absolute atomic E-state index is 13.3. The summed E-state index contributed by atoms with van der Waals surface area (Å²) in [5.41, 5.74) is 1.79. The van der Waals surface area contributed by atoms with Crippen molar-refractivity contribution in [3.05, 3.63) is 99.5 Å². The Morgan fingerprint density at radius 1 is 1.00 bits per heavy atom. The van der Waals surface area contributed by atoms with Crippen LogP contribution in [-0.4, -0.2) is 36.4 Å². The van der Waals surface area contributed by atoms with Gasteiger partial charge < -0.3 is 15.0 Å². The lowest BCUT2D eigenvalue weighted by Gasteiger charge is -2.31.